The van der Waals surface area contributed by atoms with Crippen molar-refractivity contribution in [1.82, 2.24) is 4.90 Å². The van der Waals surface area contributed by atoms with Crippen LogP contribution in [0.5, 0.6) is 5.75 Å². The monoisotopic (exact) mass is 245 g/mol. The fourth-order valence-corrected chi connectivity index (χ4v) is 2.31. The van der Waals surface area contributed by atoms with Crippen LogP contribution in [0, 0.1) is 11.3 Å². The summed E-state index contributed by atoms with van der Waals surface area (Å²) in [4.78, 5) is 4.59. The first-order valence-corrected chi connectivity index (χ1v) is 6.21. The number of benzene rings is 1. The summed E-state index contributed by atoms with van der Waals surface area (Å²) in [5.41, 5.74) is 1.17. The van der Waals surface area contributed by atoms with Crippen LogP contribution < -0.4 is 9.64 Å². The lowest BCUT2D eigenvalue weighted by Crippen LogP contribution is -2.51. The van der Waals surface area contributed by atoms with Crippen LogP contribution in [0.15, 0.2) is 24.3 Å². The fraction of sp³-hybridized carbons (Fsp3) is 0.500. The Morgan fingerprint density at radius 2 is 2.28 bits per heavy atom. The van der Waals surface area contributed by atoms with Gasteiger partial charge in [0, 0.05) is 37.4 Å². The molecule has 0 amide bonds. The Morgan fingerprint density at radius 1 is 1.44 bits per heavy atom. The van der Waals surface area contributed by atoms with E-state index < -0.39 is 0 Å². The fourth-order valence-electron chi connectivity index (χ4n) is 2.31. The normalized spacial score (nSPS) is 20.5. The lowest BCUT2D eigenvalue weighted by Gasteiger charge is -2.39. The first-order valence-electron chi connectivity index (χ1n) is 6.21. The minimum atomic E-state index is 0.315. The molecular weight excluding hydrogens is 226 g/mol. The molecule has 1 aromatic rings. The lowest BCUT2D eigenvalue weighted by atomic mass is 10.1. The van der Waals surface area contributed by atoms with Gasteiger partial charge in [0.1, 0.15) is 5.75 Å². The second-order valence-electron chi connectivity index (χ2n) is 4.64. The second-order valence-corrected chi connectivity index (χ2v) is 4.64. The minimum absolute atomic E-state index is 0.315. The highest BCUT2D eigenvalue weighted by Gasteiger charge is 2.24. The van der Waals surface area contributed by atoms with Crippen molar-refractivity contribution in [2.24, 2.45) is 0 Å². The van der Waals surface area contributed by atoms with Gasteiger partial charge in [0.15, 0.2) is 0 Å². The first-order chi connectivity index (χ1) is 8.74. The molecular formula is C14H19N3O. The largest absolute Gasteiger partial charge is 0.497 e. The number of piperazine rings is 1. The average Bonchev–Trinajstić information content (AvgIpc) is 2.41. The summed E-state index contributed by atoms with van der Waals surface area (Å²) in [6.07, 6.45) is 0.580. The van der Waals surface area contributed by atoms with Crippen molar-refractivity contribution in [2.75, 3.05) is 38.7 Å². The van der Waals surface area contributed by atoms with E-state index in [1.807, 2.05) is 12.1 Å². The maximum Gasteiger partial charge on any atom is 0.120 e. The van der Waals surface area contributed by atoms with Crippen molar-refractivity contribution in [3.8, 4) is 11.8 Å². The molecule has 2 rings (SSSR count). The number of ether oxygens (including phenoxy) is 1. The van der Waals surface area contributed by atoms with Gasteiger partial charge in [0.2, 0.25) is 0 Å². The summed E-state index contributed by atoms with van der Waals surface area (Å²) in [5, 5.41) is 8.86. The first kappa shape index (κ1) is 12.7. The predicted octanol–water partition coefficient (Wildman–Crippen LogP) is 1.73. The summed E-state index contributed by atoms with van der Waals surface area (Å²) in [6, 6.07) is 10.7. The van der Waals surface area contributed by atoms with E-state index in [2.05, 4.69) is 35.0 Å². The molecule has 1 fully saturated rings. The highest BCUT2D eigenvalue weighted by molar-refractivity contribution is 5.51. The van der Waals surface area contributed by atoms with Crippen molar-refractivity contribution in [1.29, 1.82) is 5.26 Å². The van der Waals surface area contributed by atoms with Crippen LogP contribution in [0.25, 0.3) is 0 Å². The Hall–Kier alpha value is -1.73. The molecule has 1 atom stereocenters. The topological polar surface area (TPSA) is 39.5 Å². The summed E-state index contributed by atoms with van der Waals surface area (Å²) in [6.45, 7) is 2.88. The molecule has 1 heterocycles. The minimum Gasteiger partial charge on any atom is -0.497 e. The number of nitrogens with zero attached hydrogens (tertiary/aromatic N) is 3. The van der Waals surface area contributed by atoms with Gasteiger partial charge in [0.05, 0.1) is 19.6 Å². The van der Waals surface area contributed by atoms with E-state index in [1.165, 1.54) is 5.69 Å². The van der Waals surface area contributed by atoms with E-state index in [0.717, 1.165) is 25.4 Å². The van der Waals surface area contributed by atoms with Crippen molar-refractivity contribution in [3.05, 3.63) is 24.3 Å². The number of nitriles is 1. The number of rotatable bonds is 3. The van der Waals surface area contributed by atoms with E-state index in [1.54, 1.807) is 7.11 Å². The van der Waals surface area contributed by atoms with E-state index in [-0.39, 0.29) is 0 Å². The molecule has 0 aliphatic carbocycles. The van der Waals surface area contributed by atoms with Crippen molar-refractivity contribution in [3.63, 3.8) is 0 Å². The standard InChI is InChI=1S/C14H19N3O/c1-16-8-9-17(11-13(16)6-7-15)12-4-3-5-14(10-12)18-2/h3-5,10,13H,6,8-9,11H2,1-2H3. The molecule has 1 unspecified atom stereocenters. The van der Waals surface area contributed by atoms with Gasteiger partial charge in [-0.05, 0) is 19.2 Å². The Balaban J connectivity index is 2.11. The third-order valence-corrected chi connectivity index (χ3v) is 3.52. The van der Waals surface area contributed by atoms with Gasteiger partial charge in [-0.3, -0.25) is 4.90 Å². The second kappa shape index (κ2) is 5.74. The Labute approximate surface area is 108 Å². The highest BCUT2D eigenvalue weighted by atomic mass is 16.5. The molecule has 1 aliphatic heterocycles. The third kappa shape index (κ3) is 2.74. The SMILES string of the molecule is COc1cccc(N2CCN(C)C(CC#N)C2)c1. The number of anilines is 1. The van der Waals surface area contributed by atoms with Crippen LogP contribution in [-0.2, 0) is 0 Å². The van der Waals surface area contributed by atoms with Gasteiger partial charge in [-0.2, -0.15) is 5.26 Å². The molecule has 0 radical (unpaired) electrons. The summed E-state index contributed by atoms with van der Waals surface area (Å²) in [7, 11) is 3.77. The summed E-state index contributed by atoms with van der Waals surface area (Å²) < 4.78 is 5.25. The molecule has 1 aliphatic rings. The molecule has 96 valence electrons. The molecule has 0 N–H and O–H groups in total. The zero-order valence-electron chi connectivity index (χ0n) is 11.0. The zero-order chi connectivity index (χ0) is 13.0. The third-order valence-electron chi connectivity index (χ3n) is 3.52. The molecule has 4 heteroatoms. The van der Waals surface area contributed by atoms with Gasteiger partial charge in [0.25, 0.3) is 0 Å². The maximum atomic E-state index is 8.86. The van der Waals surface area contributed by atoms with Crippen molar-refractivity contribution < 1.29 is 4.74 Å². The van der Waals surface area contributed by atoms with Crippen LogP contribution in [0.4, 0.5) is 5.69 Å². The lowest BCUT2D eigenvalue weighted by molar-refractivity contribution is 0.221. The van der Waals surface area contributed by atoms with Gasteiger partial charge in [-0.25, -0.2) is 0 Å². The van der Waals surface area contributed by atoms with Gasteiger partial charge in [-0.15, -0.1) is 0 Å². The number of likely N-dealkylation sites (N-methyl/N-ethyl adjacent to an activating group) is 1. The Kier molecular flexibility index (Phi) is 4.06. The van der Waals surface area contributed by atoms with Crippen LogP contribution in [-0.4, -0.2) is 44.7 Å². The molecule has 0 aromatic heterocycles. The molecule has 0 spiro atoms. The number of hydrogen-bond donors (Lipinski definition) is 0. The van der Waals surface area contributed by atoms with E-state index in [9.17, 15) is 0 Å². The van der Waals surface area contributed by atoms with Crippen LogP contribution in [0.3, 0.4) is 0 Å². The van der Waals surface area contributed by atoms with Crippen LogP contribution in [0.1, 0.15) is 6.42 Å². The zero-order valence-corrected chi connectivity index (χ0v) is 11.0. The van der Waals surface area contributed by atoms with Crippen LogP contribution >= 0.6 is 0 Å². The van der Waals surface area contributed by atoms with Crippen LogP contribution in [0.2, 0.25) is 0 Å². The van der Waals surface area contributed by atoms with Crippen molar-refractivity contribution >= 4 is 5.69 Å². The summed E-state index contributed by atoms with van der Waals surface area (Å²) in [5.74, 6) is 0.878. The molecule has 4 nitrogen and oxygen atoms in total. The van der Waals surface area contributed by atoms with Crippen molar-refractivity contribution in [2.45, 2.75) is 12.5 Å². The Morgan fingerprint density at radius 3 is 3.00 bits per heavy atom. The van der Waals surface area contributed by atoms with E-state index in [0.29, 0.717) is 12.5 Å². The molecule has 18 heavy (non-hydrogen) atoms. The quantitative estimate of drug-likeness (QED) is 0.813. The van der Waals surface area contributed by atoms with Gasteiger partial charge < -0.3 is 9.64 Å². The van der Waals surface area contributed by atoms with E-state index in [4.69, 9.17) is 10.00 Å². The molecule has 1 saturated heterocycles. The van der Waals surface area contributed by atoms with Gasteiger partial charge in [-0.1, -0.05) is 6.07 Å². The Bertz CT molecular complexity index is 441. The molecule has 0 bridgehead atoms. The molecule has 1 aromatic carbocycles. The maximum absolute atomic E-state index is 8.86. The smallest absolute Gasteiger partial charge is 0.120 e. The highest BCUT2D eigenvalue weighted by Crippen LogP contribution is 2.23. The molecule has 0 saturated carbocycles. The van der Waals surface area contributed by atoms with Gasteiger partial charge >= 0.3 is 0 Å². The average molecular weight is 245 g/mol. The number of hydrogen-bond acceptors (Lipinski definition) is 4. The predicted molar refractivity (Wildman–Crippen MR) is 71.9 cm³/mol. The van der Waals surface area contributed by atoms with E-state index >= 15 is 0 Å². The number of methoxy groups -OCH3 is 1. The summed E-state index contributed by atoms with van der Waals surface area (Å²) >= 11 is 0.